The molecule has 0 radical (unpaired) electrons. The molecule has 27 heavy (non-hydrogen) atoms. The Morgan fingerprint density at radius 3 is 2.56 bits per heavy atom. The molecule has 2 rings (SSSR count). The van der Waals surface area contributed by atoms with Gasteiger partial charge in [-0.1, -0.05) is 12.5 Å². The second-order valence-electron chi connectivity index (χ2n) is 6.53. The summed E-state index contributed by atoms with van der Waals surface area (Å²) in [6.07, 6.45) is 4.58. The standard InChI is InChI=1S/C20H30N2O5/c1-25-16-10-8-15(19(26-2)20(16)27-3)9-11-17(23)21-12-14-22-13-6-4-5-7-18(22)24/h8,10H,4-7,9,11-14H2,1-3H3,(H,21,23). The second-order valence-corrected chi connectivity index (χ2v) is 6.53. The maximum Gasteiger partial charge on any atom is 0.222 e. The normalized spacial score (nSPS) is 14.5. The first-order valence-corrected chi connectivity index (χ1v) is 9.43. The average Bonchev–Trinajstić information content (AvgIpc) is 2.89. The summed E-state index contributed by atoms with van der Waals surface area (Å²) < 4.78 is 16.1. The summed E-state index contributed by atoms with van der Waals surface area (Å²) in [5.41, 5.74) is 0.882. The van der Waals surface area contributed by atoms with Gasteiger partial charge in [0.1, 0.15) is 0 Å². The minimum absolute atomic E-state index is 0.0471. The highest BCUT2D eigenvalue weighted by Crippen LogP contribution is 2.40. The number of hydrogen-bond donors (Lipinski definition) is 1. The van der Waals surface area contributed by atoms with Crippen molar-refractivity contribution in [2.75, 3.05) is 41.0 Å². The van der Waals surface area contributed by atoms with Crippen LogP contribution in [0.3, 0.4) is 0 Å². The molecule has 150 valence electrons. The van der Waals surface area contributed by atoms with Gasteiger partial charge in [-0.25, -0.2) is 0 Å². The molecule has 0 saturated carbocycles. The van der Waals surface area contributed by atoms with E-state index < -0.39 is 0 Å². The molecule has 7 heteroatoms. The van der Waals surface area contributed by atoms with E-state index in [-0.39, 0.29) is 11.8 Å². The third-order valence-electron chi connectivity index (χ3n) is 4.78. The zero-order valence-electron chi connectivity index (χ0n) is 16.5. The number of amides is 2. The number of nitrogens with one attached hydrogen (secondary N) is 1. The summed E-state index contributed by atoms with van der Waals surface area (Å²) >= 11 is 0. The van der Waals surface area contributed by atoms with Gasteiger partial charge in [-0.3, -0.25) is 9.59 Å². The van der Waals surface area contributed by atoms with Gasteiger partial charge in [0.05, 0.1) is 21.3 Å². The molecule has 1 aliphatic heterocycles. The Kier molecular flexibility index (Phi) is 8.23. The third kappa shape index (κ3) is 5.77. The smallest absolute Gasteiger partial charge is 0.222 e. The number of ether oxygens (including phenoxy) is 3. The van der Waals surface area contributed by atoms with Gasteiger partial charge in [0.15, 0.2) is 11.5 Å². The molecule has 0 bridgehead atoms. The molecule has 2 amide bonds. The number of carbonyl (C=O) groups excluding carboxylic acids is 2. The predicted octanol–water partition coefficient (Wildman–Crippen LogP) is 2.16. The summed E-state index contributed by atoms with van der Waals surface area (Å²) in [7, 11) is 4.69. The van der Waals surface area contributed by atoms with Gasteiger partial charge in [-0.05, 0) is 30.9 Å². The van der Waals surface area contributed by atoms with Crippen LogP contribution in [0.5, 0.6) is 17.2 Å². The van der Waals surface area contributed by atoms with E-state index in [1.54, 1.807) is 27.4 Å². The molecule has 1 heterocycles. The van der Waals surface area contributed by atoms with Gasteiger partial charge in [0, 0.05) is 32.5 Å². The van der Waals surface area contributed by atoms with Crippen molar-refractivity contribution in [1.82, 2.24) is 10.2 Å². The maximum atomic E-state index is 12.2. The first kappa shape index (κ1) is 20.9. The lowest BCUT2D eigenvalue weighted by Crippen LogP contribution is -2.38. The maximum absolute atomic E-state index is 12.2. The van der Waals surface area contributed by atoms with Gasteiger partial charge in [-0.2, -0.15) is 0 Å². The molecule has 1 N–H and O–H groups in total. The molecule has 1 aliphatic rings. The van der Waals surface area contributed by atoms with Crippen LogP contribution in [0.25, 0.3) is 0 Å². The van der Waals surface area contributed by atoms with Crippen LogP contribution in [0.4, 0.5) is 0 Å². The van der Waals surface area contributed by atoms with Crippen LogP contribution in [0, 0.1) is 0 Å². The topological polar surface area (TPSA) is 77.1 Å². The number of methoxy groups -OCH3 is 3. The summed E-state index contributed by atoms with van der Waals surface area (Å²) in [5, 5.41) is 2.90. The fraction of sp³-hybridized carbons (Fsp3) is 0.600. The third-order valence-corrected chi connectivity index (χ3v) is 4.78. The lowest BCUT2D eigenvalue weighted by molar-refractivity contribution is -0.131. The zero-order valence-corrected chi connectivity index (χ0v) is 16.5. The lowest BCUT2D eigenvalue weighted by Gasteiger charge is -2.20. The largest absolute Gasteiger partial charge is 0.493 e. The monoisotopic (exact) mass is 378 g/mol. The van der Waals surface area contributed by atoms with Gasteiger partial charge in [0.25, 0.3) is 0 Å². The molecule has 1 aromatic rings. The molecule has 1 saturated heterocycles. The molecule has 0 aromatic heterocycles. The number of benzene rings is 1. The molecule has 1 fully saturated rings. The van der Waals surface area contributed by atoms with Crippen LogP contribution in [0.1, 0.15) is 37.7 Å². The second kappa shape index (κ2) is 10.6. The van der Waals surface area contributed by atoms with Crippen LogP contribution < -0.4 is 19.5 Å². The minimum Gasteiger partial charge on any atom is -0.493 e. The van der Waals surface area contributed by atoms with E-state index in [4.69, 9.17) is 14.2 Å². The summed E-state index contributed by atoms with van der Waals surface area (Å²) in [5.74, 6) is 1.84. The van der Waals surface area contributed by atoms with Crippen LogP contribution in [0.2, 0.25) is 0 Å². The Bertz CT molecular complexity index is 648. The molecular weight excluding hydrogens is 348 g/mol. The number of nitrogens with zero attached hydrogens (tertiary/aromatic N) is 1. The Balaban J connectivity index is 1.84. The Labute approximate surface area is 161 Å². The average molecular weight is 378 g/mol. The van der Waals surface area contributed by atoms with E-state index in [0.29, 0.717) is 49.6 Å². The number of aryl methyl sites for hydroxylation is 1. The van der Waals surface area contributed by atoms with Gasteiger partial charge >= 0.3 is 0 Å². The number of rotatable bonds is 9. The first-order valence-electron chi connectivity index (χ1n) is 9.43. The van der Waals surface area contributed by atoms with Crippen molar-refractivity contribution in [3.05, 3.63) is 17.7 Å². The highest BCUT2D eigenvalue weighted by molar-refractivity contribution is 5.77. The summed E-state index contributed by atoms with van der Waals surface area (Å²) in [6.45, 7) is 1.84. The van der Waals surface area contributed by atoms with Gasteiger partial charge in [0.2, 0.25) is 17.6 Å². The summed E-state index contributed by atoms with van der Waals surface area (Å²) in [6, 6.07) is 3.68. The fourth-order valence-electron chi connectivity index (χ4n) is 3.30. The lowest BCUT2D eigenvalue weighted by atomic mass is 10.1. The Hall–Kier alpha value is -2.44. The van der Waals surface area contributed by atoms with Crippen LogP contribution in [-0.2, 0) is 16.0 Å². The minimum atomic E-state index is -0.0471. The fourth-order valence-corrected chi connectivity index (χ4v) is 3.30. The molecule has 0 atom stereocenters. The van der Waals surface area contributed by atoms with Crippen molar-refractivity contribution in [1.29, 1.82) is 0 Å². The molecule has 0 aliphatic carbocycles. The number of likely N-dealkylation sites (tertiary alicyclic amines) is 1. The molecule has 7 nitrogen and oxygen atoms in total. The Morgan fingerprint density at radius 2 is 1.85 bits per heavy atom. The van der Waals surface area contributed by atoms with Crippen molar-refractivity contribution in [2.45, 2.75) is 38.5 Å². The molecule has 0 spiro atoms. The Morgan fingerprint density at radius 1 is 1.07 bits per heavy atom. The van der Waals surface area contributed by atoms with Gasteiger partial charge in [-0.15, -0.1) is 0 Å². The van der Waals surface area contributed by atoms with E-state index in [1.165, 1.54) is 0 Å². The number of hydrogen-bond acceptors (Lipinski definition) is 5. The van der Waals surface area contributed by atoms with Crippen molar-refractivity contribution < 1.29 is 23.8 Å². The van der Waals surface area contributed by atoms with Crippen molar-refractivity contribution in [3.8, 4) is 17.2 Å². The quantitative estimate of drug-likeness (QED) is 0.713. The predicted molar refractivity (Wildman–Crippen MR) is 102 cm³/mol. The van der Waals surface area contributed by atoms with Crippen LogP contribution in [-0.4, -0.2) is 57.7 Å². The highest BCUT2D eigenvalue weighted by atomic mass is 16.5. The van der Waals surface area contributed by atoms with Crippen LogP contribution >= 0.6 is 0 Å². The van der Waals surface area contributed by atoms with Crippen molar-refractivity contribution >= 4 is 11.8 Å². The van der Waals surface area contributed by atoms with E-state index >= 15 is 0 Å². The van der Waals surface area contributed by atoms with E-state index in [1.807, 2.05) is 11.0 Å². The van der Waals surface area contributed by atoms with E-state index in [2.05, 4.69) is 5.32 Å². The highest BCUT2D eigenvalue weighted by Gasteiger charge is 2.18. The van der Waals surface area contributed by atoms with Crippen molar-refractivity contribution in [3.63, 3.8) is 0 Å². The molecular formula is C20H30N2O5. The summed E-state index contributed by atoms with van der Waals surface area (Å²) in [4.78, 5) is 26.0. The number of carbonyl (C=O) groups is 2. The molecule has 1 aromatic carbocycles. The first-order chi connectivity index (χ1) is 13.1. The van der Waals surface area contributed by atoms with E-state index in [0.717, 1.165) is 31.4 Å². The van der Waals surface area contributed by atoms with Crippen LogP contribution in [0.15, 0.2) is 12.1 Å². The SMILES string of the molecule is COc1ccc(CCC(=O)NCCN2CCCCCC2=O)c(OC)c1OC. The zero-order chi connectivity index (χ0) is 19.6. The van der Waals surface area contributed by atoms with E-state index in [9.17, 15) is 9.59 Å². The molecule has 0 unspecified atom stereocenters. The van der Waals surface area contributed by atoms with Crippen molar-refractivity contribution in [2.24, 2.45) is 0 Å². The van der Waals surface area contributed by atoms with Gasteiger partial charge < -0.3 is 24.4 Å².